The van der Waals surface area contributed by atoms with Crippen LogP contribution in [0.15, 0.2) is 30.3 Å². The summed E-state index contributed by atoms with van der Waals surface area (Å²) in [6.45, 7) is 2.48. The lowest BCUT2D eigenvalue weighted by atomic mass is 10.2. The summed E-state index contributed by atoms with van der Waals surface area (Å²) in [5.74, 6) is 0.890. The predicted octanol–water partition coefficient (Wildman–Crippen LogP) is 2.34. The van der Waals surface area contributed by atoms with Gasteiger partial charge in [-0.3, -0.25) is 0 Å². The number of hydrogen-bond donors (Lipinski definition) is 0. The fourth-order valence-electron chi connectivity index (χ4n) is 2.10. The lowest BCUT2D eigenvalue weighted by Gasteiger charge is -2.02. The minimum atomic E-state index is 0.523. The Balaban J connectivity index is 2.39. The van der Waals surface area contributed by atoms with E-state index >= 15 is 0 Å². The molecule has 0 aliphatic rings. The molecule has 0 N–H and O–H groups in total. The fourth-order valence-corrected chi connectivity index (χ4v) is 2.10. The maximum Gasteiger partial charge on any atom is 0.128 e. The third-order valence-corrected chi connectivity index (χ3v) is 2.82. The van der Waals surface area contributed by atoms with Gasteiger partial charge in [0.1, 0.15) is 5.82 Å². The Labute approximate surface area is 98.8 Å². The molecule has 0 radical (unpaired) electrons. The molecule has 0 bridgehead atoms. The monoisotopic (exact) mass is 227 g/mol. The van der Waals surface area contributed by atoms with E-state index in [1.165, 1.54) is 0 Å². The van der Waals surface area contributed by atoms with Crippen LogP contribution in [0.2, 0.25) is 0 Å². The van der Waals surface area contributed by atoms with Crippen molar-refractivity contribution in [2.75, 3.05) is 7.11 Å². The molecular weight excluding hydrogens is 214 g/mol. The standard InChI is InChI=1S/C13H13N3O/c1-9-14-12-6-4-3-5-11(12)13-7-10(8-17-2)15-16(9)13/h3-7H,8H2,1-2H3. The molecule has 0 aliphatic heterocycles. The van der Waals surface area contributed by atoms with E-state index in [4.69, 9.17) is 4.74 Å². The molecule has 4 heteroatoms. The van der Waals surface area contributed by atoms with Gasteiger partial charge in [0.2, 0.25) is 0 Å². The van der Waals surface area contributed by atoms with Crippen LogP contribution in [0.5, 0.6) is 0 Å². The van der Waals surface area contributed by atoms with Gasteiger partial charge in [-0.2, -0.15) is 5.10 Å². The first kappa shape index (κ1) is 10.2. The lowest BCUT2D eigenvalue weighted by Crippen LogP contribution is -1.98. The van der Waals surface area contributed by atoms with E-state index < -0.39 is 0 Å². The number of benzene rings is 1. The van der Waals surface area contributed by atoms with Crippen LogP contribution < -0.4 is 0 Å². The van der Waals surface area contributed by atoms with Crippen molar-refractivity contribution in [3.8, 4) is 0 Å². The lowest BCUT2D eigenvalue weighted by molar-refractivity contribution is 0.181. The summed E-state index contributed by atoms with van der Waals surface area (Å²) in [6.07, 6.45) is 0. The van der Waals surface area contributed by atoms with E-state index in [1.54, 1.807) is 7.11 Å². The molecule has 4 nitrogen and oxygen atoms in total. The normalized spacial score (nSPS) is 11.4. The van der Waals surface area contributed by atoms with Gasteiger partial charge in [0.25, 0.3) is 0 Å². The quantitative estimate of drug-likeness (QED) is 0.674. The maximum atomic E-state index is 5.11. The number of fused-ring (bicyclic) bond motifs is 3. The summed E-state index contributed by atoms with van der Waals surface area (Å²) in [7, 11) is 1.67. The first-order chi connectivity index (χ1) is 8.29. The topological polar surface area (TPSA) is 39.4 Å². The molecule has 0 fully saturated rings. The zero-order valence-electron chi connectivity index (χ0n) is 9.84. The summed E-state index contributed by atoms with van der Waals surface area (Å²) >= 11 is 0. The number of hydrogen-bond acceptors (Lipinski definition) is 3. The molecule has 2 heterocycles. The Kier molecular flexibility index (Phi) is 2.30. The Morgan fingerprint density at radius 2 is 2.12 bits per heavy atom. The fraction of sp³-hybridized carbons (Fsp3) is 0.231. The summed E-state index contributed by atoms with van der Waals surface area (Å²) in [4.78, 5) is 4.54. The largest absolute Gasteiger partial charge is 0.378 e. The van der Waals surface area contributed by atoms with Crippen LogP contribution in [0.25, 0.3) is 16.4 Å². The second-order valence-corrected chi connectivity index (χ2v) is 4.04. The number of ether oxygens (including phenoxy) is 1. The van der Waals surface area contributed by atoms with Crippen molar-refractivity contribution < 1.29 is 4.74 Å². The van der Waals surface area contributed by atoms with E-state index in [2.05, 4.69) is 22.2 Å². The third-order valence-electron chi connectivity index (χ3n) is 2.82. The smallest absolute Gasteiger partial charge is 0.128 e. The number of para-hydroxylation sites is 1. The summed E-state index contributed by atoms with van der Waals surface area (Å²) < 4.78 is 6.98. The molecule has 0 unspecified atom stereocenters. The van der Waals surface area contributed by atoms with Gasteiger partial charge in [0.05, 0.1) is 23.3 Å². The zero-order chi connectivity index (χ0) is 11.8. The van der Waals surface area contributed by atoms with Gasteiger partial charge in [-0.25, -0.2) is 9.50 Å². The van der Waals surface area contributed by atoms with Crippen LogP contribution in [-0.4, -0.2) is 21.7 Å². The number of aromatic nitrogens is 3. The maximum absolute atomic E-state index is 5.11. The molecule has 2 aromatic heterocycles. The molecule has 3 aromatic rings. The van der Waals surface area contributed by atoms with Crippen LogP contribution >= 0.6 is 0 Å². The molecule has 0 aliphatic carbocycles. The molecular formula is C13H13N3O. The molecule has 0 saturated carbocycles. The second kappa shape index (κ2) is 3.82. The van der Waals surface area contributed by atoms with Crippen LogP contribution in [0.4, 0.5) is 0 Å². The Hall–Kier alpha value is -1.94. The second-order valence-electron chi connectivity index (χ2n) is 4.04. The first-order valence-electron chi connectivity index (χ1n) is 5.52. The Morgan fingerprint density at radius 1 is 1.29 bits per heavy atom. The van der Waals surface area contributed by atoms with Crippen molar-refractivity contribution >= 4 is 16.4 Å². The van der Waals surface area contributed by atoms with Crippen LogP contribution in [-0.2, 0) is 11.3 Å². The molecule has 0 atom stereocenters. The highest BCUT2D eigenvalue weighted by Gasteiger charge is 2.08. The molecule has 0 amide bonds. The van der Waals surface area contributed by atoms with Crippen LogP contribution in [0.1, 0.15) is 11.5 Å². The molecule has 17 heavy (non-hydrogen) atoms. The van der Waals surface area contributed by atoms with E-state index in [0.29, 0.717) is 6.61 Å². The van der Waals surface area contributed by atoms with Gasteiger partial charge in [0.15, 0.2) is 0 Å². The van der Waals surface area contributed by atoms with E-state index in [-0.39, 0.29) is 0 Å². The van der Waals surface area contributed by atoms with Crippen LogP contribution in [0.3, 0.4) is 0 Å². The minimum Gasteiger partial charge on any atom is -0.378 e. The first-order valence-corrected chi connectivity index (χ1v) is 5.52. The van der Waals surface area contributed by atoms with Crippen molar-refractivity contribution in [3.05, 3.63) is 41.9 Å². The van der Waals surface area contributed by atoms with Crippen molar-refractivity contribution in [1.29, 1.82) is 0 Å². The van der Waals surface area contributed by atoms with E-state index in [1.807, 2.05) is 29.6 Å². The number of aryl methyl sites for hydroxylation is 1. The van der Waals surface area contributed by atoms with Crippen molar-refractivity contribution in [2.45, 2.75) is 13.5 Å². The zero-order valence-corrected chi connectivity index (χ0v) is 9.84. The predicted molar refractivity (Wildman–Crippen MR) is 65.9 cm³/mol. The average Bonchev–Trinajstić information content (AvgIpc) is 2.74. The molecule has 1 aromatic carbocycles. The summed E-state index contributed by atoms with van der Waals surface area (Å²) in [5.41, 5.74) is 3.01. The van der Waals surface area contributed by atoms with Crippen molar-refractivity contribution in [3.63, 3.8) is 0 Å². The Bertz CT molecular complexity index is 688. The highest BCUT2D eigenvalue weighted by molar-refractivity contribution is 5.93. The number of nitrogens with zero attached hydrogens (tertiary/aromatic N) is 3. The van der Waals surface area contributed by atoms with Crippen LogP contribution in [0, 0.1) is 6.92 Å². The molecule has 86 valence electrons. The minimum absolute atomic E-state index is 0.523. The van der Waals surface area contributed by atoms with Crippen molar-refractivity contribution in [2.24, 2.45) is 0 Å². The van der Waals surface area contributed by atoms with Gasteiger partial charge in [0, 0.05) is 12.5 Å². The van der Waals surface area contributed by atoms with Gasteiger partial charge in [-0.1, -0.05) is 18.2 Å². The van der Waals surface area contributed by atoms with Gasteiger partial charge < -0.3 is 4.74 Å². The van der Waals surface area contributed by atoms with Gasteiger partial charge in [-0.15, -0.1) is 0 Å². The third kappa shape index (κ3) is 1.57. The summed E-state index contributed by atoms with van der Waals surface area (Å²) in [5, 5.41) is 5.60. The molecule has 3 rings (SSSR count). The number of rotatable bonds is 2. The SMILES string of the molecule is COCc1cc2c3ccccc3nc(C)n2n1. The highest BCUT2D eigenvalue weighted by Crippen LogP contribution is 2.20. The highest BCUT2D eigenvalue weighted by atomic mass is 16.5. The Morgan fingerprint density at radius 3 is 2.94 bits per heavy atom. The molecule has 0 saturated heterocycles. The average molecular weight is 227 g/mol. The van der Waals surface area contributed by atoms with Gasteiger partial charge in [-0.05, 0) is 19.1 Å². The summed E-state index contributed by atoms with van der Waals surface area (Å²) in [6, 6.07) is 10.2. The van der Waals surface area contributed by atoms with Crippen molar-refractivity contribution in [1.82, 2.24) is 14.6 Å². The molecule has 0 spiro atoms. The van der Waals surface area contributed by atoms with Gasteiger partial charge >= 0.3 is 0 Å². The van der Waals surface area contributed by atoms with E-state index in [9.17, 15) is 0 Å². The number of methoxy groups -OCH3 is 1. The van der Waals surface area contributed by atoms with E-state index in [0.717, 1.165) is 27.9 Å².